The Morgan fingerprint density at radius 2 is 2.17 bits per heavy atom. The number of methoxy groups -OCH3 is 1. The Morgan fingerprint density at radius 1 is 1.33 bits per heavy atom. The second-order valence-corrected chi connectivity index (χ2v) is 4.23. The van der Waals surface area contributed by atoms with Crippen molar-refractivity contribution in [3.05, 3.63) is 41.6 Å². The van der Waals surface area contributed by atoms with Crippen LogP contribution in [0.15, 0.2) is 30.5 Å². The average Bonchev–Trinajstić information content (AvgIpc) is 2.93. The lowest BCUT2D eigenvalue weighted by molar-refractivity contribution is 0.0995. The van der Waals surface area contributed by atoms with E-state index in [0.717, 1.165) is 11.4 Å². The molecule has 5 heteroatoms. The zero-order valence-corrected chi connectivity index (χ0v) is 10.3. The van der Waals surface area contributed by atoms with Gasteiger partial charge < -0.3 is 4.74 Å². The van der Waals surface area contributed by atoms with Crippen molar-refractivity contribution in [2.24, 2.45) is 7.05 Å². The minimum atomic E-state index is -0.00694. The number of fused-ring (bicyclic) bond motifs is 1. The third-order valence-electron chi connectivity index (χ3n) is 3.19. The topological polar surface area (TPSA) is 47.4 Å². The summed E-state index contributed by atoms with van der Waals surface area (Å²) in [4.78, 5) is 14.1. The average molecular weight is 243 g/mol. The van der Waals surface area contributed by atoms with E-state index in [1.54, 1.807) is 29.0 Å². The van der Waals surface area contributed by atoms with Crippen molar-refractivity contribution in [3.8, 4) is 5.75 Å². The Bertz CT molecular complexity index is 618. The van der Waals surface area contributed by atoms with Gasteiger partial charge in [0, 0.05) is 18.7 Å². The molecule has 0 spiro atoms. The van der Waals surface area contributed by atoms with E-state index in [2.05, 4.69) is 5.10 Å². The summed E-state index contributed by atoms with van der Waals surface area (Å²) in [7, 11) is 3.42. The van der Waals surface area contributed by atoms with Gasteiger partial charge in [0.25, 0.3) is 5.91 Å². The molecular weight excluding hydrogens is 230 g/mol. The number of benzene rings is 1. The first kappa shape index (κ1) is 10.8. The lowest BCUT2D eigenvalue weighted by atomic mass is 10.1. The number of carbonyl (C=O) groups excluding carboxylic acids is 1. The fourth-order valence-electron chi connectivity index (χ4n) is 2.22. The van der Waals surface area contributed by atoms with Crippen LogP contribution in [0.25, 0.3) is 0 Å². The van der Waals surface area contributed by atoms with E-state index in [4.69, 9.17) is 4.74 Å². The predicted octanol–water partition coefficient (Wildman–Crippen LogP) is 1.59. The molecule has 0 radical (unpaired) electrons. The van der Waals surface area contributed by atoms with Gasteiger partial charge in [-0.3, -0.25) is 14.4 Å². The molecule has 1 aliphatic heterocycles. The summed E-state index contributed by atoms with van der Waals surface area (Å²) in [5.74, 6) is 1.50. The fourth-order valence-corrected chi connectivity index (χ4v) is 2.22. The van der Waals surface area contributed by atoms with E-state index in [1.165, 1.54) is 0 Å². The molecule has 92 valence electrons. The highest BCUT2D eigenvalue weighted by Crippen LogP contribution is 2.30. The summed E-state index contributed by atoms with van der Waals surface area (Å²) in [6.07, 6.45) is 1.69. The molecule has 1 aromatic carbocycles. The van der Waals surface area contributed by atoms with Crippen LogP contribution in [0.5, 0.6) is 5.75 Å². The molecule has 0 unspecified atom stereocenters. The standard InChI is InChI=1S/C13H13N3O2/c1-15-12(5-6-14-15)16-8-9-3-4-10(18-2)7-11(9)13(16)17/h3-7H,8H2,1-2H3. The molecule has 0 aliphatic carbocycles. The summed E-state index contributed by atoms with van der Waals surface area (Å²) in [6, 6.07) is 7.43. The van der Waals surface area contributed by atoms with Crippen LogP contribution in [0.3, 0.4) is 0 Å². The second kappa shape index (κ2) is 3.87. The normalized spacial score (nSPS) is 13.9. The fraction of sp³-hybridized carbons (Fsp3) is 0.231. The third kappa shape index (κ3) is 1.48. The van der Waals surface area contributed by atoms with Gasteiger partial charge >= 0.3 is 0 Å². The summed E-state index contributed by atoms with van der Waals surface area (Å²) >= 11 is 0. The van der Waals surface area contributed by atoms with Gasteiger partial charge in [0.05, 0.1) is 19.9 Å². The number of aromatic nitrogens is 2. The highest BCUT2D eigenvalue weighted by Gasteiger charge is 2.30. The molecule has 0 atom stereocenters. The molecule has 0 saturated heterocycles. The van der Waals surface area contributed by atoms with Crippen molar-refractivity contribution >= 4 is 11.7 Å². The number of nitrogens with zero attached hydrogens (tertiary/aromatic N) is 3. The van der Waals surface area contributed by atoms with Crippen LogP contribution in [0.2, 0.25) is 0 Å². The maximum Gasteiger partial charge on any atom is 0.260 e. The van der Waals surface area contributed by atoms with E-state index in [-0.39, 0.29) is 5.91 Å². The summed E-state index contributed by atoms with van der Waals surface area (Å²) < 4.78 is 6.84. The number of rotatable bonds is 2. The first-order valence-corrected chi connectivity index (χ1v) is 5.67. The van der Waals surface area contributed by atoms with E-state index >= 15 is 0 Å². The highest BCUT2D eigenvalue weighted by molar-refractivity contribution is 6.09. The van der Waals surface area contributed by atoms with Crippen molar-refractivity contribution in [1.82, 2.24) is 9.78 Å². The van der Waals surface area contributed by atoms with Gasteiger partial charge in [0.2, 0.25) is 0 Å². The minimum absolute atomic E-state index is 0.00694. The zero-order valence-electron chi connectivity index (χ0n) is 10.3. The van der Waals surface area contributed by atoms with Crippen LogP contribution in [0.1, 0.15) is 15.9 Å². The van der Waals surface area contributed by atoms with Gasteiger partial charge in [-0.05, 0) is 17.7 Å². The second-order valence-electron chi connectivity index (χ2n) is 4.23. The number of hydrogen-bond donors (Lipinski definition) is 0. The molecule has 0 saturated carbocycles. The summed E-state index contributed by atoms with van der Waals surface area (Å²) in [5, 5.41) is 4.09. The van der Waals surface area contributed by atoms with Gasteiger partial charge in [-0.1, -0.05) is 6.07 Å². The van der Waals surface area contributed by atoms with Crippen molar-refractivity contribution in [2.75, 3.05) is 12.0 Å². The SMILES string of the molecule is COc1ccc2c(c1)C(=O)N(c1ccnn1C)C2. The lowest BCUT2D eigenvalue weighted by Crippen LogP contribution is -2.25. The minimum Gasteiger partial charge on any atom is -0.497 e. The number of amides is 1. The van der Waals surface area contributed by atoms with E-state index < -0.39 is 0 Å². The van der Waals surface area contributed by atoms with Crippen LogP contribution in [-0.4, -0.2) is 22.8 Å². The van der Waals surface area contributed by atoms with Crippen LogP contribution in [0, 0.1) is 0 Å². The van der Waals surface area contributed by atoms with Gasteiger partial charge in [-0.25, -0.2) is 0 Å². The molecule has 1 amide bonds. The molecule has 0 bridgehead atoms. The third-order valence-corrected chi connectivity index (χ3v) is 3.19. The maximum absolute atomic E-state index is 12.3. The van der Waals surface area contributed by atoms with Crippen LogP contribution < -0.4 is 9.64 Å². The Hall–Kier alpha value is -2.30. The Labute approximate surface area is 105 Å². The van der Waals surface area contributed by atoms with Gasteiger partial charge in [0.15, 0.2) is 0 Å². The number of ether oxygens (including phenoxy) is 1. The van der Waals surface area contributed by atoms with Gasteiger partial charge in [0.1, 0.15) is 11.6 Å². The smallest absolute Gasteiger partial charge is 0.260 e. The number of hydrogen-bond acceptors (Lipinski definition) is 3. The first-order valence-electron chi connectivity index (χ1n) is 5.67. The molecular formula is C13H13N3O2. The molecule has 2 aromatic rings. The molecule has 5 nitrogen and oxygen atoms in total. The van der Waals surface area contributed by atoms with E-state index in [1.807, 2.05) is 25.2 Å². The lowest BCUT2D eigenvalue weighted by Gasteiger charge is -2.14. The van der Waals surface area contributed by atoms with Crippen molar-refractivity contribution in [2.45, 2.75) is 6.54 Å². The van der Waals surface area contributed by atoms with E-state index in [0.29, 0.717) is 17.9 Å². The first-order chi connectivity index (χ1) is 8.70. The highest BCUT2D eigenvalue weighted by atomic mass is 16.5. The van der Waals surface area contributed by atoms with Gasteiger partial charge in [-0.2, -0.15) is 5.10 Å². The zero-order chi connectivity index (χ0) is 12.7. The number of anilines is 1. The quantitative estimate of drug-likeness (QED) is 0.804. The van der Waals surface area contributed by atoms with Crippen LogP contribution in [0.4, 0.5) is 5.82 Å². The molecule has 0 N–H and O–H groups in total. The monoisotopic (exact) mass is 243 g/mol. The van der Waals surface area contributed by atoms with Gasteiger partial charge in [-0.15, -0.1) is 0 Å². The van der Waals surface area contributed by atoms with Crippen molar-refractivity contribution in [1.29, 1.82) is 0 Å². The largest absolute Gasteiger partial charge is 0.497 e. The Kier molecular flexibility index (Phi) is 2.33. The van der Waals surface area contributed by atoms with E-state index in [9.17, 15) is 4.79 Å². The Balaban J connectivity index is 2.01. The molecule has 2 heterocycles. The molecule has 18 heavy (non-hydrogen) atoms. The summed E-state index contributed by atoms with van der Waals surface area (Å²) in [5.41, 5.74) is 1.72. The molecule has 1 aliphatic rings. The van der Waals surface area contributed by atoms with Crippen molar-refractivity contribution in [3.63, 3.8) is 0 Å². The maximum atomic E-state index is 12.3. The number of carbonyl (C=O) groups is 1. The molecule has 1 aromatic heterocycles. The predicted molar refractivity (Wildman–Crippen MR) is 66.7 cm³/mol. The van der Waals surface area contributed by atoms with Crippen LogP contribution in [-0.2, 0) is 13.6 Å². The number of aryl methyl sites for hydroxylation is 1. The summed E-state index contributed by atoms with van der Waals surface area (Å²) in [6.45, 7) is 0.581. The van der Waals surface area contributed by atoms with Crippen molar-refractivity contribution < 1.29 is 9.53 Å². The Morgan fingerprint density at radius 3 is 2.83 bits per heavy atom. The molecule has 3 rings (SSSR count). The molecule has 0 fully saturated rings. The van der Waals surface area contributed by atoms with Crippen LogP contribution >= 0.6 is 0 Å².